The Morgan fingerprint density at radius 3 is 2.48 bits per heavy atom. The van der Waals surface area contributed by atoms with Crippen LogP contribution in [0.25, 0.3) is 0 Å². The van der Waals surface area contributed by atoms with Crippen LogP contribution in [0.2, 0.25) is 0 Å². The minimum atomic E-state index is -0.829. The number of aromatic nitrogens is 2. The second kappa shape index (κ2) is 7.96. The molecule has 0 spiro atoms. The van der Waals surface area contributed by atoms with Crippen LogP contribution < -0.4 is 10.6 Å². The Balaban J connectivity index is 1.89. The zero-order chi connectivity index (χ0) is 21.3. The van der Waals surface area contributed by atoms with Crippen LogP contribution in [0.3, 0.4) is 0 Å². The lowest BCUT2D eigenvalue weighted by Gasteiger charge is -2.09. The van der Waals surface area contributed by atoms with E-state index in [2.05, 4.69) is 15.6 Å². The molecule has 0 fully saturated rings. The van der Waals surface area contributed by atoms with E-state index in [0.717, 1.165) is 0 Å². The highest BCUT2D eigenvalue weighted by Gasteiger charge is 2.28. The Morgan fingerprint density at radius 2 is 1.86 bits per heavy atom. The molecule has 0 aliphatic rings. The highest BCUT2D eigenvalue weighted by atomic mass is 32.1. The van der Waals surface area contributed by atoms with Crippen molar-refractivity contribution in [2.24, 2.45) is 7.05 Å². The van der Waals surface area contributed by atoms with Crippen molar-refractivity contribution in [1.82, 2.24) is 9.55 Å². The lowest BCUT2D eigenvalue weighted by molar-refractivity contribution is -0.112. The maximum atomic E-state index is 13.8. The van der Waals surface area contributed by atoms with Gasteiger partial charge in [-0.15, -0.1) is 11.3 Å². The summed E-state index contributed by atoms with van der Waals surface area (Å²) in [5.74, 6) is -2.52. The predicted octanol–water partition coefficient (Wildman–Crippen LogP) is 3.62. The first kappa shape index (κ1) is 20.4. The average molecular weight is 414 g/mol. The maximum Gasteiger partial charge on any atom is 0.298 e. The number of halogens is 1. The lowest BCUT2D eigenvalue weighted by Crippen LogP contribution is -2.24. The smallest absolute Gasteiger partial charge is 0.298 e. The number of benzene rings is 1. The number of hydrogen-bond donors (Lipinski definition) is 2. The molecule has 3 rings (SSSR count). The molecular weight excluding hydrogens is 395 g/mol. The van der Waals surface area contributed by atoms with Gasteiger partial charge in [0.2, 0.25) is 0 Å². The molecule has 2 amide bonds. The van der Waals surface area contributed by atoms with Crippen LogP contribution in [0.15, 0.2) is 29.8 Å². The molecule has 0 aliphatic heterocycles. The van der Waals surface area contributed by atoms with E-state index in [0.29, 0.717) is 27.6 Å². The summed E-state index contributed by atoms with van der Waals surface area (Å²) in [5, 5.41) is 7.07. The van der Waals surface area contributed by atoms with E-state index < -0.39 is 23.4 Å². The normalized spacial score (nSPS) is 10.7. The number of rotatable bonds is 5. The molecule has 3 aromatic rings. The third kappa shape index (κ3) is 3.95. The molecule has 0 saturated carbocycles. The van der Waals surface area contributed by atoms with E-state index in [1.165, 1.54) is 23.6 Å². The highest BCUT2D eigenvalue weighted by Crippen LogP contribution is 2.24. The number of amides is 2. The summed E-state index contributed by atoms with van der Waals surface area (Å²) in [6.45, 7) is 4.88. The summed E-state index contributed by atoms with van der Waals surface area (Å²) < 4.78 is 15.3. The first-order valence-corrected chi connectivity index (χ1v) is 9.57. The standard InChI is InChI=1S/C20H19FN4O3S/c1-10-5-6-13(9-14(10)21)23-18(27)16-11(2)15(12(3)25(16)4)17(26)19(28)24-20-22-7-8-29-20/h5-9H,1-4H3,(H,23,27)(H,22,24,28). The van der Waals surface area contributed by atoms with Crippen molar-refractivity contribution < 1.29 is 18.8 Å². The van der Waals surface area contributed by atoms with Crippen molar-refractivity contribution in [3.8, 4) is 0 Å². The second-order valence-electron chi connectivity index (χ2n) is 6.53. The molecule has 0 atom stereocenters. The number of nitrogens with one attached hydrogen (secondary N) is 2. The number of anilines is 2. The van der Waals surface area contributed by atoms with Crippen LogP contribution in [0.1, 0.15) is 37.7 Å². The van der Waals surface area contributed by atoms with Crippen molar-refractivity contribution in [3.63, 3.8) is 0 Å². The van der Waals surface area contributed by atoms with Crippen molar-refractivity contribution >= 4 is 39.8 Å². The van der Waals surface area contributed by atoms with Gasteiger partial charge in [0.1, 0.15) is 11.5 Å². The number of carbonyl (C=O) groups excluding carboxylic acids is 3. The fourth-order valence-electron chi connectivity index (χ4n) is 3.05. The van der Waals surface area contributed by atoms with E-state index >= 15 is 0 Å². The van der Waals surface area contributed by atoms with E-state index in [9.17, 15) is 18.8 Å². The zero-order valence-corrected chi connectivity index (χ0v) is 17.1. The summed E-state index contributed by atoms with van der Waals surface area (Å²) in [6, 6.07) is 4.38. The minimum Gasteiger partial charge on any atom is -0.343 e. The molecule has 1 aromatic carbocycles. The van der Waals surface area contributed by atoms with Crippen LogP contribution in [0.4, 0.5) is 15.2 Å². The van der Waals surface area contributed by atoms with E-state index in [1.807, 2.05) is 0 Å². The van der Waals surface area contributed by atoms with Gasteiger partial charge in [0.15, 0.2) is 5.13 Å². The van der Waals surface area contributed by atoms with Gasteiger partial charge in [-0.3, -0.25) is 19.7 Å². The van der Waals surface area contributed by atoms with Gasteiger partial charge in [-0.2, -0.15) is 0 Å². The maximum absolute atomic E-state index is 13.8. The first-order chi connectivity index (χ1) is 13.7. The van der Waals surface area contributed by atoms with Gasteiger partial charge >= 0.3 is 0 Å². The van der Waals surface area contributed by atoms with Crippen molar-refractivity contribution in [2.75, 3.05) is 10.6 Å². The average Bonchev–Trinajstić information content (AvgIpc) is 3.24. The monoisotopic (exact) mass is 414 g/mol. The summed E-state index contributed by atoms with van der Waals surface area (Å²) >= 11 is 1.19. The van der Waals surface area contributed by atoms with Crippen LogP contribution in [0, 0.1) is 26.6 Å². The van der Waals surface area contributed by atoms with Gasteiger partial charge in [0, 0.05) is 30.0 Å². The minimum absolute atomic E-state index is 0.154. The van der Waals surface area contributed by atoms with Gasteiger partial charge in [-0.05, 0) is 44.0 Å². The quantitative estimate of drug-likeness (QED) is 0.493. The number of hydrogen-bond acceptors (Lipinski definition) is 5. The molecule has 0 aliphatic carbocycles. The first-order valence-electron chi connectivity index (χ1n) is 8.69. The molecule has 0 bridgehead atoms. The van der Waals surface area contributed by atoms with E-state index in [4.69, 9.17) is 0 Å². The van der Waals surface area contributed by atoms with Gasteiger partial charge in [0.05, 0.1) is 5.56 Å². The van der Waals surface area contributed by atoms with Crippen LogP contribution >= 0.6 is 11.3 Å². The number of aryl methyl sites for hydroxylation is 1. The van der Waals surface area contributed by atoms with E-state index in [-0.39, 0.29) is 11.3 Å². The number of carbonyl (C=O) groups is 3. The SMILES string of the molecule is Cc1ccc(NC(=O)c2c(C)c(C(=O)C(=O)Nc3nccs3)c(C)n2C)cc1F. The van der Waals surface area contributed by atoms with Gasteiger partial charge < -0.3 is 9.88 Å². The second-order valence-corrected chi connectivity index (χ2v) is 7.43. The van der Waals surface area contributed by atoms with Crippen molar-refractivity contribution in [2.45, 2.75) is 20.8 Å². The van der Waals surface area contributed by atoms with Gasteiger partial charge in [-0.1, -0.05) is 6.07 Å². The highest BCUT2D eigenvalue weighted by molar-refractivity contribution is 7.13. The molecule has 2 aromatic heterocycles. The number of nitrogens with zero attached hydrogens (tertiary/aromatic N) is 2. The molecule has 0 unspecified atom stereocenters. The molecule has 29 heavy (non-hydrogen) atoms. The van der Waals surface area contributed by atoms with Crippen LogP contribution in [0.5, 0.6) is 0 Å². The predicted molar refractivity (Wildman–Crippen MR) is 109 cm³/mol. The van der Waals surface area contributed by atoms with Gasteiger partial charge in [-0.25, -0.2) is 9.37 Å². The number of ketones is 1. The van der Waals surface area contributed by atoms with Crippen LogP contribution in [-0.4, -0.2) is 27.1 Å². The molecule has 0 saturated heterocycles. The van der Waals surface area contributed by atoms with Gasteiger partial charge in [0.25, 0.3) is 17.6 Å². The largest absolute Gasteiger partial charge is 0.343 e. The molecule has 2 heterocycles. The van der Waals surface area contributed by atoms with Crippen molar-refractivity contribution in [3.05, 3.63) is 63.7 Å². The fraction of sp³-hybridized carbons (Fsp3) is 0.200. The molecule has 0 radical (unpaired) electrons. The molecule has 7 nitrogen and oxygen atoms in total. The Kier molecular flexibility index (Phi) is 5.60. The van der Waals surface area contributed by atoms with E-state index in [1.54, 1.807) is 49.9 Å². The van der Waals surface area contributed by atoms with Crippen molar-refractivity contribution in [1.29, 1.82) is 0 Å². The summed E-state index contributed by atoms with van der Waals surface area (Å²) in [4.78, 5) is 41.7. The zero-order valence-electron chi connectivity index (χ0n) is 16.3. The fourth-order valence-corrected chi connectivity index (χ4v) is 3.57. The molecular formula is C20H19FN4O3S. The molecule has 2 N–H and O–H groups in total. The Labute approximate surface area is 170 Å². The summed E-state index contributed by atoms with van der Waals surface area (Å²) in [5.41, 5.74) is 1.98. The topological polar surface area (TPSA) is 93.1 Å². The summed E-state index contributed by atoms with van der Waals surface area (Å²) in [7, 11) is 1.63. The summed E-state index contributed by atoms with van der Waals surface area (Å²) in [6.07, 6.45) is 1.51. The number of thiazole rings is 1. The third-order valence-electron chi connectivity index (χ3n) is 4.66. The Bertz CT molecular complexity index is 1120. The third-order valence-corrected chi connectivity index (χ3v) is 5.35. The lowest BCUT2D eigenvalue weighted by atomic mass is 10.0. The Hall–Kier alpha value is -3.33. The molecule has 150 valence electrons. The Morgan fingerprint density at radius 1 is 1.14 bits per heavy atom. The number of Topliss-reactive ketones (excluding diaryl/α,β-unsaturated/α-hetero) is 1. The molecule has 9 heteroatoms. The van der Waals surface area contributed by atoms with Crippen LogP contribution in [-0.2, 0) is 11.8 Å².